The second-order valence-electron chi connectivity index (χ2n) is 6.94. The van der Waals surface area contributed by atoms with E-state index in [1.807, 2.05) is 11.9 Å². The number of urea groups is 1. The van der Waals surface area contributed by atoms with Gasteiger partial charge < -0.3 is 16.0 Å². The van der Waals surface area contributed by atoms with E-state index in [2.05, 4.69) is 15.4 Å². The normalized spacial score (nSPS) is 23.4. The molecule has 1 saturated heterocycles. The van der Waals surface area contributed by atoms with E-state index in [1.165, 1.54) is 12.8 Å². The van der Waals surface area contributed by atoms with Crippen LogP contribution in [0.1, 0.15) is 44.3 Å². The predicted molar refractivity (Wildman–Crippen MR) is 87.8 cm³/mol. The Kier molecular flexibility index (Phi) is 4.84. The number of aromatic nitrogens is 3. The Morgan fingerprint density at radius 1 is 1.43 bits per heavy atom. The van der Waals surface area contributed by atoms with Gasteiger partial charge in [-0.1, -0.05) is 6.42 Å². The number of nitrogens with zero attached hydrogens (tertiary/aromatic N) is 4. The Hall–Kier alpha value is -1.63. The van der Waals surface area contributed by atoms with Gasteiger partial charge in [-0.2, -0.15) is 5.10 Å². The van der Waals surface area contributed by atoms with Crippen molar-refractivity contribution in [2.75, 3.05) is 19.6 Å². The summed E-state index contributed by atoms with van der Waals surface area (Å²) in [7, 11) is 1.85. The number of hydrogen-bond acceptors (Lipinski definition) is 4. The minimum Gasteiger partial charge on any atom is -0.338 e. The highest BCUT2D eigenvalue weighted by molar-refractivity contribution is 5.74. The molecule has 2 aliphatic rings. The van der Waals surface area contributed by atoms with E-state index in [9.17, 15) is 4.79 Å². The summed E-state index contributed by atoms with van der Waals surface area (Å²) in [5.41, 5.74) is 6.23. The molecule has 2 fully saturated rings. The van der Waals surface area contributed by atoms with Crippen LogP contribution in [0.2, 0.25) is 0 Å². The van der Waals surface area contributed by atoms with E-state index < -0.39 is 0 Å². The fourth-order valence-corrected chi connectivity index (χ4v) is 4.00. The molecular formula is C16H28N6O. The van der Waals surface area contributed by atoms with Crippen LogP contribution in [0.3, 0.4) is 0 Å². The van der Waals surface area contributed by atoms with Crippen LogP contribution in [0, 0.1) is 5.41 Å². The largest absolute Gasteiger partial charge is 0.338 e. The number of rotatable bonds is 5. The molecule has 2 heterocycles. The number of hydrogen-bond donors (Lipinski definition) is 2. The first-order chi connectivity index (χ1) is 11.1. The van der Waals surface area contributed by atoms with Gasteiger partial charge >= 0.3 is 6.03 Å². The molecule has 2 amide bonds. The molecule has 128 valence electrons. The molecule has 0 spiro atoms. The number of aryl methyl sites for hydroxylation is 1. The summed E-state index contributed by atoms with van der Waals surface area (Å²) in [5, 5.41) is 7.28. The van der Waals surface area contributed by atoms with Crippen molar-refractivity contribution in [2.45, 2.75) is 51.0 Å². The highest BCUT2D eigenvalue weighted by Gasteiger charge is 2.47. The third kappa shape index (κ3) is 3.34. The van der Waals surface area contributed by atoms with E-state index in [1.54, 1.807) is 11.0 Å². The maximum absolute atomic E-state index is 12.6. The third-order valence-corrected chi connectivity index (χ3v) is 5.50. The molecule has 1 aromatic heterocycles. The van der Waals surface area contributed by atoms with Crippen LogP contribution >= 0.6 is 0 Å². The minimum atomic E-state index is 0.0466. The van der Waals surface area contributed by atoms with Gasteiger partial charge in [-0.15, -0.1) is 0 Å². The Morgan fingerprint density at radius 3 is 2.87 bits per heavy atom. The molecule has 0 aromatic carbocycles. The summed E-state index contributed by atoms with van der Waals surface area (Å²) < 4.78 is 1.68. The summed E-state index contributed by atoms with van der Waals surface area (Å²) in [6.45, 7) is 2.11. The van der Waals surface area contributed by atoms with Crippen molar-refractivity contribution >= 4 is 6.03 Å². The fourth-order valence-electron chi connectivity index (χ4n) is 4.00. The highest BCUT2D eigenvalue weighted by Crippen LogP contribution is 2.47. The van der Waals surface area contributed by atoms with Crippen molar-refractivity contribution in [2.24, 2.45) is 18.2 Å². The van der Waals surface area contributed by atoms with Crippen molar-refractivity contribution in [3.63, 3.8) is 0 Å². The van der Waals surface area contributed by atoms with Gasteiger partial charge in [-0.3, -0.25) is 4.68 Å². The second kappa shape index (κ2) is 6.86. The van der Waals surface area contributed by atoms with Gasteiger partial charge in [-0.25, -0.2) is 9.78 Å². The smallest absolute Gasteiger partial charge is 0.317 e. The van der Waals surface area contributed by atoms with Crippen molar-refractivity contribution < 1.29 is 4.79 Å². The summed E-state index contributed by atoms with van der Waals surface area (Å²) in [6, 6.07) is 0.355. The molecule has 1 saturated carbocycles. The van der Waals surface area contributed by atoms with Crippen molar-refractivity contribution in [3.8, 4) is 0 Å². The number of nitrogens with two attached hydrogens (primary N) is 1. The average Bonchev–Trinajstić information content (AvgIpc) is 2.93. The SMILES string of the molecule is Cn1cnc(CCNC(=O)N2CCCCC2C2(CN)CCC2)n1. The summed E-state index contributed by atoms with van der Waals surface area (Å²) in [6.07, 6.45) is 9.29. The standard InChI is InChI=1S/C16H28N6O/c1-21-12-19-14(20-21)6-9-18-15(23)22-10-3-2-5-13(22)16(11-17)7-4-8-16/h12-13H,2-11,17H2,1H3,(H,18,23). The molecule has 23 heavy (non-hydrogen) atoms. The Morgan fingerprint density at radius 2 is 2.26 bits per heavy atom. The lowest BCUT2D eigenvalue weighted by Crippen LogP contribution is -2.60. The van der Waals surface area contributed by atoms with Gasteiger partial charge in [0.2, 0.25) is 0 Å². The second-order valence-corrected chi connectivity index (χ2v) is 6.94. The quantitative estimate of drug-likeness (QED) is 0.848. The lowest BCUT2D eigenvalue weighted by atomic mass is 9.62. The van der Waals surface area contributed by atoms with Gasteiger partial charge in [0.15, 0.2) is 5.82 Å². The Bertz CT molecular complexity index is 533. The lowest BCUT2D eigenvalue weighted by molar-refractivity contribution is 0.00436. The topological polar surface area (TPSA) is 89.1 Å². The van der Waals surface area contributed by atoms with Crippen LogP contribution in [0.5, 0.6) is 0 Å². The van der Waals surface area contributed by atoms with Crippen LogP contribution in [0.15, 0.2) is 6.33 Å². The summed E-state index contributed by atoms with van der Waals surface area (Å²) in [5.74, 6) is 0.764. The number of carbonyl (C=O) groups is 1. The monoisotopic (exact) mass is 320 g/mol. The van der Waals surface area contributed by atoms with E-state index in [0.29, 0.717) is 25.6 Å². The molecule has 1 unspecified atom stereocenters. The predicted octanol–water partition coefficient (Wildman–Crippen LogP) is 1.05. The van der Waals surface area contributed by atoms with Crippen LogP contribution in [-0.2, 0) is 13.5 Å². The molecule has 1 aliphatic carbocycles. The zero-order valence-corrected chi connectivity index (χ0v) is 14.0. The number of piperidine rings is 1. The van der Waals surface area contributed by atoms with Crippen molar-refractivity contribution in [3.05, 3.63) is 12.2 Å². The molecule has 3 N–H and O–H groups in total. The van der Waals surface area contributed by atoms with E-state index in [0.717, 1.165) is 38.1 Å². The number of nitrogens with one attached hydrogen (secondary N) is 1. The van der Waals surface area contributed by atoms with Crippen LogP contribution in [0.4, 0.5) is 4.79 Å². The Labute approximate surface area is 137 Å². The van der Waals surface area contributed by atoms with E-state index in [4.69, 9.17) is 5.73 Å². The van der Waals surface area contributed by atoms with Crippen molar-refractivity contribution in [1.82, 2.24) is 25.0 Å². The van der Waals surface area contributed by atoms with Gasteiger partial charge in [0.05, 0.1) is 0 Å². The van der Waals surface area contributed by atoms with Gasteiger partial charge in [0.25, 0.3) is 0 Å². The van der Waals surface area contributed by atoms with Gasteiger partial charge in [0.1, 0.15) is 6.33 Å². The fraction of sp³-hybridized carbons (Fsp3) is 0.812. The molecule has 0 radical (unpaired) electrons. The van der Waals surface area contributed by atoms with E-state index >= 15 is 0 Å². The zero-order valence-electron chi connectivity index (χ0n) is 14.0. The number of carbonyl (C=O) groups excluding carboxylic acids is 1. The molecule has 7 nitrogen and oxygen atoms in total. The van der Waals surface area contributed by atoms with Gasteiger partial charge in [-0.05, 0) is 38.6 Å². The summed E-state index contributed by atoms with van der Waals surface area (Å²) >= 11 is 0. The Balaban J connectivity index is 1.56. The lowest BCUT2D eigenvalue weighted by Gasteiger charge is -2.53. The maximum Gasteiger partial charge on any atom is 0.317 e. The number of amides is 2. The minimum absolute atomic E-state index is 0.0466. The molecule has 1 aromatic rings. The molecule has 1 atom stereocenters. The van der Waals surface area contributed by atoms with Crippen LogP contribution in [0.25, 0.3) is 0 Å². The third-order valence-electron chi connectivity index (χ3n) is 5.50. The molecule has 7 heteroatoms. The maximum atomic E-state index is 12.6. The molecular weight excluding hydrogens is 292 g/mol. The first-order valence-corrected chi connectivity index (χ1v) is 8.74. The van der Waals surface area contributed by atoms with E-state index in [-0.39, 0.29) is 11.4 Å². The van der Waals surface area contributed by atoms with Gasteiger partial charge in [0, 0.05) is 38.0 Å². The molecule has 1 aliphatic heterocycles. The van der Waals surface area contributed by atoms with Crippen LogP contribution in [-0.4, -0.2) is 51.4 Å². The van der Waals surface area contributed by atoms with Crippen molar-refractivity contribution in [1.29, 1.82) is 0 Å². The molecule has 3 rings (SSSR count). The first-order valence-electron chi connectivity index (χ1n) is 8.74. The summed E-state index contributed by atoms with van der Waals surface area (Å²) in [4.78, 5) is 18.9. The zero-order chi connectivity index (χ0) is 16.3. The first kappa shape index (κ1) is 16.2. The number of likely N-dealkylation sites (tertiary alicyclic amines) is 1. The highest BCUT2D eigenvalue weighted by atomic mass is 16.2. The average molecular weight is 320 g/mol. The van der Waals surface area contributed by atoms with Crippen LogP contribution < -0.4 is 11.1 Å². The molecule has 0 bridgehead atoms.